The monoisotopic (exact) mass is 329 g/mol. The van der Waals surface area contributed by atoms with Crippen molar-refractivity contribution in [3.63, 3.8) is 0 Å². The van der Waals surface area contributed by atoms with Crippen LogP contribution in [-0.4, -0.2) is 60.7 Å². The van der Waals surface area contributed by atoms with E-state index in [9.17, 15) is 0 Å². The van der Waals surface area contributed by atoms with Crippen LogP contribution in [0.5, 0.6) is 0 Å². The summed E-state index contributed by atoms with van der Waals surface area (Å²) in [6.45, 7) is 6.99. The van der Waals surface area contributed by atoms with E-state index in [2.05, 4.69) is 20.9 Å². The normalized spacial score (nSPS) is 28.3. The van der Waals surface area contributed by atoms with Crippen LogP contribution in [0.1, 0.15) is 37.7 Å². The van der Waals surface area contributed by atoms with E-state index in [1.807, 2.05) is 25.6 Å². The van der Waals surface area contributed by atoms with Crippen LogP contribution in [0.25, 0.3) is 0 Å². The van der Waals surface area contributed by atoms with Gasteiger partial charge in [0.2, 0.25) is 0 Å². The number of ether oxygens (including phenoxy) is 1. The molecule has 0 N–H and O–H groups in total. The van der Waals surface area contributed by atoms with Crippen molar-refractivity contribution in [2.24, 2.45) is 11.3 Å². The van der Waals surface area contributed by atoms with Gasteiger partial charge >= 0.3 is 0 Å². The summed E-state index contributed by atoms with van der Waals surface area (Å²) in [7, 11) is 1.87. The summed E-state index contributed by atoms with van der Waals surface area (Å²) >= 11 is 0. The Bertz CT molecular complexity index is 523. The fourth-order valence-electron chi connectivity index (χ4n) is 5.01. The molecule has 1 aliphatic carbocycles. The summed E-state index contributed by atoms with van der Waals surface area (Å²) in [5.41, 5.74) is 1.83. The minimum Gasteiger partial charge on any atom is -0.384 e. The Morgan fingerprint density at radius 3 is 2.75 bits per heavy atom. The standard InChI is InChI=1S/C20H31N3O/c1-24-15-18-14-23(19-5-2-6-19)16-20(18)7-10-22(11-8-20)13-17-4-3-9-21-12-17/h3-4,9,12,18-19H,2,5-8,10-11,13-16H2,1H3. The van der Waals surface area contributed by atoms with Crippen LogP contribution in [-0.2, 0) is 11.3 Å². The van der Waals surface area contributed by atoms with Gasteiger partial charge in [0, 0.05) is 51.1 Å². The summed E-state index contributed by atoms with van der Waals surface area (Å²) in [4.78, 5) is 9.66. The van der Waals surface area contributed by atoms with Crippen molar-refractivity contribution in [1.82, 2.24) is 14.8 Å². The van der Waals surface area contributed by atoms with Gasteiger partial charge in [0.15, 0.2) is 0 Å². The van der Waals surface area contributed by atoms with E-state index in [0.717, 1.165) is 25.1 Å². The lowest BCUT2D eigenvalue weighted by molar-refractivity contribution is 0.0336. The quantitative estimate of drug-likeness (QED) is 0.830. The van der Waals surface area contributed by atoms with Gasteiger partial charge in [-0.05, 0) is 55.8 Å². The number of hydrogen-bond acceptors (Lipinski definition) is 4. The summed E-state index contributed by atoms with van der Waals surface area (Å²) in [5, 5.41) is 0. The zero-order chi connectivity index (χ0) is 16.4. The molecule has 24 heavy (non-hydrogen) atoms. The topological polar surface area (TPSA) is 28.6 Å². The fourth-order valence-corrected chi connectivity index (χ4v) is 5.01. The Morgan fingerprint density at radius 1 is 1.29 bits per heavy atom. The van der Waals surface area contributed by atoms with Crippen LogP contribution in [0.2, 0.25) is 0 Å². The maximum absolute atomic E-state index is 5.61. The second kappa shape index (κ2) is 7.11. The van der Waals surface area contributed by atoms with E-state index in [4.69, 9.17) is 4.74 Å². The minimum absolute atomic E-state index is 0.497. The first kappa shape index (κ1) is 16.5. The number of hydrogen-bond donors (Lipinski definition) is 0. The highest BCUT2D eigenvalue weighted by atomic mass is 16.5. The molecule has 1 spiro atoms. The molecule has 1 unspecified atom stereocenters. The number of nitrogens with zero attached hydrogens (tertiary/aromatic N) is 3. The smallest absolute Gasteiger partial charge is 0.0508 e. The van der Waals surface area contributed by atoms with Gasteiger partial charge in [0.05, 0.1) is 6.61 Å². The number of methoxy groups -OCH3 is 1. The Labute approximate surface area is 146 Å². The zero-order valence-corrected chi connectivity index (χ0v) is 15.0. The third kappa shape index (κ3) is 3.24. The summed E-state index contributed by atoms with van der Waals surface area (Å²) in [6, 6.07) is 5.11. The van der Waals surface area contributed by atoms with Gasteiger partial charge in [-0.2, -0.15) is 0 Å². The molecule has 1 aromatic heterocycles. The van der Waals surface area contributed by atoms with Crippen molar-refractivity contribution in [2.45, 2.75) is 44.7 Å². The van der Waals surface area contributed by atoms with Crippen molar-refractivity contribution in [2.75, 3.05) is 39.9 Å². The number of piperidine rings is 1. The third-order valence-electron chi connectivity index (χ3n) is 6.78. The summed E-state index contributed by atoms with van der Waals surface area (Å²) in [6.07, 6.45) is 10.8. The average Bonchev–Trinajstić information content (AvgIpc) is 2.87. The molecule has 3 fully saturated rings. The van der Waals surface area contributed by atoms with Crippen molar-refractivity contribution in [3.05, 3.63) is 30.1 Å². The first-order chi connectivity index (χ1) is 11.8. The molecule has 4 heteroatoms. The van der Waals surface area contributed by atoms with Crippen molar-refractivity contribution >= 4 is 0 Å². The summed E-state index contributed by atoms with van der Waals surface area (Å²) in [5.74, 6) is 0.726. The molecule has 2 saturated heterocycles. The fraction of sp³-hybridized carbons (Fsp3) is 0.750. The largest absolute Gasteiger partial charge is 0.384 e. The Kier molecular flexibility index (Phi) is 4.88. The predicted molar refractivity (Wildman–Crippen MR) is 95.8 cm³/mol. The molecule has 132 valence electrons. The van der Waals surface area contributed by atoms with Crippen molar-refractivity contribution < 1.29 is 4.74 Å². The third-order valence-corrected chi connectivity index (χ3v) is 6.78. The van der Waals surface area contributed by atoms with E-state index >= 15 is 0 Å². The molecule has 0 bridgehead atoms. The van der Waals surface area contributed by atoms with E-state index in [1.54, 1.807) is 0 Å². The van der Waals surface area contributed by atoms with Gasteiger partial charge in [0.25, 0.3) is 0 Å². The Morgan fingerprint density at radius 2 is 2.12 bits per heavy atom. The predicted octanol–water partition coefficient (Wildman–Crippen LogP) is 2.79. The molecule has 0 amide bonds. The van der Waals surface area contributed by atoms with Crippen LogP contribution >= 0.6 is 0 Å². The number of rotatable bonds is 5. The first-order valence-corrected chi connectivity index (χ1v) is 9.63. The molecule has 2 aliphatic heterocycles. The molecular formula is C20H31N3O. The lowest BCUT2D eigenvalue weighted by atomic mass is 9.71. The van der Waals surface area contributed by atoms with Gasteiger partial charge in [0.1, 0.15) is 0 Å². The van der Waals surface area contributed by atoms with Gasteiger partial charge in [-0.1, -0.05) is 12.5 Å². The van der Waals surface area contributed by atoms with E-state index in [1.165, 1.54) is 63.8 Å². The molecule has 1 aromatic rings. The Hall–Kier alpha value is -0.970. The van der Waals surface area contributed by atoms with E-state index in [0.29, 0.717) is 5.41 Å². The molecular weight excluding hydrogens is 298 g/mol. The maximum Gasteiger partial charge on any atom is 0.0508 e. The van der Waals surface area contributed by atoms with Crippen LogP contribution in [0.4, 0.5) is 0 Å². The van der Waals surface area contributed by atoms with Crippen LogP contribution in [0.3, 0.4) is 0 Å². The number of aromatic nitrogens is 1. The highest BCUT2D eigenvalue weighted by Crippen LogP contribution is 2.47. The number of likely N-dealkylation sites (tertiary alicyclic amines) is 2. The zero-order valence-electron chi connectivity index (χ0n) is 15.0. The SMILES string of the molecule is COCC1CN(C2CCC2)CC12CCN(Cc1cccnc1)CC2. The molecule has 3 heterocycles. The minimum atomic E-state index is 0.497. The van der Waals surface area contributed by atoms with Crippen LogP contribution < -0.4 is 0 Å². The second-order valence-corrected chi connectivity index (χ2v) is 8.17. The van der Waals surface area contributed by atoms with Gasteiger partial charge in [-0.25, -0.2) is 0 Å². The average molecular weight is 329 g/mol. The lowest BCUT2D eigenvalue weighted by Gasteiger charge is -2.43. The molecule has 0 radical (unpaired) electrons. The molecule has 4 rings (SSSR count). The van der Waals surface area contributed by atoms with Crippen molar-refractivity contribution in [1.29, 1.82) is 0 Å². The maximum atomic E-state index is 5.61. The molecule has 1 saturated carbocycles. The van der Waals surface area contributed by atoms with Crippen molar-refractivity contribution in [3.8, 4) is 0 Å². The lowest BCUT2D eigenvalue weighted by Crippen LogP contribution is -2.45. The van der Waals surface area contributed by atoms with Crippen LogP contribution in [0, 0.1) is 11.3 Å². The first-order valence-electron chi connectivity index (χ1n) is 9.63. The molecule has 0 aromatic carbocycles. The second-order valence-electron chi connectivity index (χ2n) is 8.17. The molecule has 4 nitrogen and oxygen atoms in total. The van der Waals surface area contributed by atoms with Gasteiger partial charge in [-0.15, -0.1) is 0 Å². The van der Waals surface area contributed by atoms with Crippen LogP contribution in [0.15, 0.2) is 24.5 Å². The highest BCUT2D eigenvalue weighted by molar-refractivity contribution is 5.09. The van der Waals surface area contributed by atoms with E-state index in [-0.39, 0.29) is 0 Å². The van der Waals surface area contributed by atoms with E-state index < -0.39 is 0 Å². The highest BCUT2D eigenvalue weighted by Gasteiger charge is 2.49. The summed E-state index contributed by atoms with van der Waals surface area (Å²) < 4.78 is 5.61. The number of pyridine rings is 1. The van der Waals surface area contributed by atoms with Gasteiger partial charge in [-0.3, -0.25) is 14.8 Å². The molecule has 1 atom stereocenters. The Balaban J connectivity index is 1.38. The van der Waals surface area contributed by atoms with Gasteiger partial charge < -0.3 is 4.74 Å². The molecule has 3 aliphatic rings.